The van der Waals surface area contributed by atoms with Gasteiger partial charge < -0.3 is 10.4 Å². The third-order valence-corrected chi connectivity index (χ3v) is 3.78. The largest absolute Gasteiger partial charge is 0.508 e. The first kappa shape index (κ1) is 10.1. The molecule has 86 valence electrons. The SMILES string of the molecule is Oc1cccc(CN2C[C@H]3CNC[C@H]3C2)c1. The van der Waals surface area contributed by atoms with Gasteiger partial charge in [0.05, 0.1) is 0 Å². The van der Waals surface area contributed by atoms with E-state index < -0.39 is 0 Å². The number of phenolic OH excluding ortho intramolecular Hbond substituents is 1. The van der Waals surface area contributed by atoms with Crippen LogP contribution < -0.4 is 5.32 Å². The average Bonchev–Trinajstić information content (AvgIpc) is 2.77. The molecule has 0 radical (unpaired) electrons. The van der Waals surface area contributed by atoms with Crippen molar-refractivity contribution in [1.29, 1.82) is 0 Å². The number of hydrogen-bond donors (Lipinski definition) is 2. The molecule has 2 atom stereocenters. The summed E-state index contributed by atoms with van der Waals surface area (Å²) >= 11 is 0. The molecule has 2 saturated heterocycles. The Morgan fingerprint density at radius 1 is 1.25 bits per heavy atom. The fraction of sp³-hybridized carbons (Fsp3) is 0.538. The molecule has 0 spiro atoms. The van der Waals surface area contributed by atoms with Crippen LogP contribution in [0.25, 0.3) is 0 Å². The number of rotatable bonds is 2. The Bertz CT molecular complexity index is 368. The van der Waals surface area contributed by atoms with Crippen LogP contribution >= 0.6 is 0 Å². The summed E-state index contributed by atoms with van der Waals surface area (Å²) in [6, 6.07) is 7.60. The van der Waals surface area contributed by atoms with Crippen molar-refractivity contribution in [1.82, 2.24) is 10.2 Å². The molecule has 2 N–H and O–H groups in total. The summed E-state index contributed by atoms with van der Waals surface area (Å²) in [5.41, 5.74) is 1.22. The maximum atomic E-state index is 9.42. The van der Waals surface area contributed by atoms with E-state index in [2.05, 4.69) is 16.3 Å². The van der Waals surface area contributed by atoms with Crippen LogP contribution in [-0.4, -0.2) is 36.2 Å². The summed E-state index contributed by atoms with van der Waals surface area (Å²) in [4.78, 5) is 2.50. The standard InChI is InChI=1S/C13H18N2O/c16-13-3-1-2-10(4-13)7-15-8-11-5-14-6-12(11)9-15/h1-4,11-12,14,16H,5-9H2/t11-,12+. The highest BCUT2D eigenvalue weighted by atomic mass is 16.3. The van der Waals surface area contributed by atoms with Crippen molar-refractivity contribution in [2.24, 2.45) is 11.8 Å². The number of benzene rings is 1. The van der Waals surface area contributed by atoms with E-state index >= 15 is 0 Å². The molecule has 0 saturated carbocycles. The van der Waals surface area contributed by atoms with Gasteiger partial charge in [-0.25, -0.2) is 0 Å². The van der Waals surface area contributed by atoms with Crippen LogP contribution in [0, 0.1) is 11.8 Å². The van der Waals surface area contributed by atoms with E-state index in [1.54, 1.807) is 6.07 Å². The Kier molecular flexibility index (Phi) is 2.58. The van der Waals surface area contributed by atoms with Crippen molar-refractivity contribution < 1.29 is 5.11 Å². The van der Waals surface area contributed by atoms with Crippen molar-refractivity contribution >= 4 is 0 Å². The number of phenols is 1. The van der Waals surface area contributed by atoms with Crippen molar-refractivity contribution in [3.8, 4) is 5.75 Å². The fourth-order valence-electron chi connectivity index (χ4n) is 2.99. The van der Waals surface area contributed by atoms with Crippen molar-refractivity contribution in [3.63, 3.8) is 0 Å². The van der Waals surface area contributed by atoms with Gasteiger partial charge in [0.25, 0.3) is 0 Å². The molecule has 0 unspecified atom stereocenters. The maximum Gasteiger partial charge on any atom is 0.115 e. The zero-order valence-electron chi connectivity index (χ0n) is 9.39. The van der Waals surface area contributed by atoms with E-state index in [1.807, 2.05) is 12.1 Å². The highest BCUT2D eigenvalue weighted by Gasteiger charge is 2.35. The highest BCUT2D eigenvalue weighted by Crippen LogP contribution is 2.27. The summed E-state index contributed by atoms with van der Waals surface area (Å²) < 4.78 is 0. The molecule has 0 aliphatic carbocycles. The summed E-state index contributed by atoms with van der Waals surface area (Å²) in [5, 5.41) is 12.9. The van der Waals surface area contributed by atoms with Gasteiger partial charge in [0.15, 0.2) is 0 Å². The molecule has 3 heteroatoms. The van der Waals surface area contributed by atoms with Crippen molar-refractivity contribution in [2.45, 2.75) is 6.54 Å². The van der Waals surface area contributed by atoms with Crippen LogP contribution in [0.5, 0.6) is 5.75 Å². The molecular formula is C13H18N2O. The van der Waals surface area contributed by atoms with Crippen LogP contribution in [-0.2, 0) is 6.54 Å². The number of fused-ring (bicyclic) bond motifs is 1. The van der Waals surface area contributed by atoms with Gasteiger partial charge in [0.2, 0.25) is 0 Å². The predicted molar refractivity (Wildman–Crippen MR) is 63.2 cm³/mol. The van der Waals surface area contributed by atoms with Gasteiger partial charge in [-0.3, -0.25) is 4.90 Å². The minimum atomic E-state index is 0.374. The number of hydrogen-bond acceptors (Lipinski definition) is 3. The summed E-state index contributed by atoms with van der Waals surface area (Å²) in [6.45, 7) is 5.74. The molecule has 2 fully saturated rings. The van der Waals surface area contributed by atoms with Crippen molar-refractivity contribution in [3.05, 3.63) is 29.8 Å². The van der Waals surface area contributed by atoms with E-state index in [0.717, 1.165) is 18.4 Å². The lowest BCUT2D eigenvalue weighted by molar-refractivity contribution is 0.305. The van der Waals surface area contributed by atoms with Gasteiger partial charge in [-0.2, -0.15) is 0 Å². The first-order valence-corrected chi connectivity index (χ1v) is 6.02. The zero-order valence-corrected chi connectivity index (χ0v) is 9.39. The zero-order chi connectivity index (χ0) is 11.0. The quantitative estimate of drug-likeness (QED) is 0.778. The molecule has 0 aromatic heterocycles. The first-order chi connectivity index (χ1) is 7.81. The molecule has 2 aliphatic heterocycles. The Balaban J connectivity index is 1.64. The van der Waals surface area contributed by atoms with Crippen LogP contribution in [0.15, 0.2) is 24.3 Å². The number of aromatic hydroxyl groups is 1. The maximum absolute atomic E-state index is 9.42. The third-order valence-electron chi connectivity index (χ3n) is 3.78. The lowest BCUT2D eigenvalue weighted by Crippen LogP contribution is -2.25. The highest BCUT2D eigenvalue weighted by molar-refractivity contribution is 5.27. The van der Waals surface area contributed by atoms with E-state index in [-0.39, 0.29) is 0 Å². The Morgan fingerprint density at radius 3 is 2.69 bits per heavy atom. The van der Waals surface area contributed by atoms with Crippen LogP contribution in [0.2, 0.25) is 0 Å². The second-order valence-corrected chi connectivity index (χ2v) is 5.04. The van der Waals surface area contributed by atoms with Gasteiger partial charge in [-0.15, -0.1) is 0 Å². The van der Waals surface area contributed by atoms with Gasteiger partial charge in [-0.1, -0.05) is 12.1 Å². The second-order valence-electron chi connectivity index (χ2n) is 5.04. The van der Waals surface area contributed by atoms with E-state index in [0.29, 0.717) is 5.75 Å². The second kappa shape index (κ2) is 4.07. The minimum absolute atomic E-state index is 0.374. The number of likely N-dealkylation sites (tertiary alicyclic amines) is 1. The van der Waals surface area contributed by atoms with Gasteiger partial charge in [0, 0.05) is 19.6 Å². The lowest BCUT2D eigenvalue weighted by atomic mass is 10.0. The van der Waals surface area contributed by atoms with Gasteiger partial charge in [0.1, 0.15) is 5.75 Å². The molecule has 0 amide bonds. The molecular weight excluding hydrogens is 200 g/mol. The van der Waals surface area contributed by atoms with Crippen LogP contribution in [0.4, 0.5) is 0 Å². The Labute approximate surface area is 96.1 Å². The molecule has 2 aliphatic rings. The number of nitrogens with one attached hydrogen (secondary N) is 1. The molecule has 16 heavy (non-hydrogen) atoms. The van der Waals surface area contributed by atoms with Gasteiger partial charge in [-0.05, 0) is 42.6 Å². The monoisotopic (exact) mass is 218 g/mol. The third kappa shape index (κ3) is 1.93. The summed E-state index contributed by atoms with van der Waals surface area (Å²) in [5.74, 6) is 2.06. The smallest absolute Gasteiger partial charge is 0.115 e. The molecule has 3 rings (SSSR count). The van der Waals surface area contributed by atoms with E-state index in [4.69, 9.17) is 0 Å². The van der Waals surface area contributed by atoms with Crippen molar-refractivity contribution in [2.75, 3.05) is 26.2 Å². The predicted octanol–water partition coefficient (Wildman–Crippen LogP) is 1.04. The summed E-state index contributed by atoms with van der Waals surface area (Å²) in [6.07, 6.45) is 0. The normalized spacial score (nSPS) is 29.5. The average molecular weight is 218 g/mol. The fourth-order valence-corrected chi connectivity index (χ4v) is 2.99. The molecule has 1 aromatic carbocycles. The molecule has 3 nitrogen and oxygen atoms in total. The van der Waals surface area contributed by atoms with E-state index in [1.165, 1.54) is 31.7 Å². The summed E-state index contributed by atoms with van der Waals surface area (Å²) in [7, 11) is 0. The number of nitrogens with zero attached hydrogens (tertiary/aromatic N) is 1. The lowest BCUT2D eigenvalue weighted by Gasteiger charge is -2.16. The van der Waals surface area contributed by atoms with Gasteiger partial charge >= 0.3 is 0 Å². The van der Waals surface area contributed by atoms with Crippen LogP contribution in [0.1, 0.15) is 5.56 Å². The first-order valence-electron chi connectivity index (χ1n) is 6.02. The van der Waals surface area contributed by atoms with E-state index in [9.17, 15) is 5.11 Å². The van der Waals surface area contributed by atoms with Crippen LogP contribution in [0.3, 0.4) is 0 Å². The minimum Gasteiger partial charge on any atom is -0.508 e. The Morgan fingerprint density at radius 2 is 2.00 bits per heavy atom. The topological polar surface area (TPSA) is 35.5 Å². The molecule has 1 aromatic rings. The molecule has 2 heterocycles. The molecule has 0 bridgehead atoms. The Hall–Kier alpha value is -1.06.